The maximum atomic E-state index is 12.3. The van der Waals surface area contributed by atoms with Crippen molar-refractivity contribution in [1.29, 1.82) is 0 Å². The first-order valence-electron chi connectivity index (χ1n) is 5.87. The van der Waals surface area contributed by atoms with Crippen molar-refractivity contribution in [2.45, 2.75) is 18.7 Å². The zero-order valence-corrected chi connectivity index (χ0v) is 14.5. The zero-order chi connectivity index (χ0) is 15.5. The molecular formula is C12H15BrClNO4S. The lowest BCUT2D eigenvalue weighted by atomic mass is 10.2. The van der Waals surface area contributed by atoms with E-state index in [9.17, 15) is 13.2 Å². The Morgan fingerprint density at radius 2 is 1.90 bits per heavy atom. The summed E-state index contributed by atoms with van der Waals surface area (Å²) >= 11 is 3.19. The maximum Gasteiger partial charge on any atom is 0.265 e. The summed E-state index contributed by atoms with van der Waals surface area (Å²) in [5.74, 6) is -0.184. The number of carbonyl (C=O) groups excluding carboxylic acids is 1. The fraction of sp³-hybridized carbons (Fsp3) is 0.417. The molecule has 0 saturated carbocycles. The number of methoxy groups -OCH3 is 1. The molecule has 0 fully saturated rings. The van der Waals surface area contributed by atoms with E-state index >= 15 is 0 Å². The lowest BCUT2D eigenvalue weighted by Gasteiger charge is -2.19. The van der Waals surface area contributed by atoms with Gasteiger partial charge in [-0.1, -0.05) is 0 Å². The standard InChI is InChI=1S/C12H15BrClNO4S/c1-4-15(5-2)12(16)8-6-9(13)11(19-3)10(7-8)20(14,17)18/h6-7H,4-5H2,1-3H3. The van der Waals surface area contributed by atoms with Crippen molar-refractivity contribution in [3.63, 3.8) is 0 Å². The average Bonchev–Trinajstić information content (AvgIpc) is 2.37. The zero-order valence-electron chi connectivity index (χ0n) is 11.3. The van der Waals surface area contributed by atoms with Gasteiger partial charge in [-0.05, 0) is 41.9 Å². The predicted molar refractivity (Wildman–Crippen MR) is 81.0 cm³/mol. The highest BCUT2D eigenvalue weighted by atomic mass is 79.9. The minimum Gasteiger partial charge on any atom is -0.494 e. The van der Waals surface area contributed by atoms with Crippen LogP contribution in [0.25, 0.3) is 0 Å². The van der Waals surface area contributed by atoms with Gasteiger partial charge >= 0.3 is 0 Å². The van der Waals surface area contributed by atoms with Gasteiger partial charge in [0.15, 0.2) is 5.75 Å². The van der Waals surface area contributed by atoms with Gasteiger partial charge in [0.25, 0.3) is 15.0 Å². The van der Waals surface area contributed by atoms with E-state index < -0.39 is 9.05 Å². The summed E-state index contributed by atoms with van der Waals surface area (Å²) in [4.78, 5) is 13.6. The first-order valence-corrected chi connectivity index (χ1v) is 8.97. The molecule has 0 atom stereocenters. The van der Waals surface area contributed by atoms with Crippen LogP contribution in [0.3, 0.4) is 0 Å². The van der Waals surface area contributed by atoms with Crippen LogP contribution in [0.1, 0.15) is 24.2 Å². The Balaban J connectivity index is 3.46. The summed E-state index contributed by atoms with van der Waals surface area (Å²) in [5, 5.41) is 0. The van der Waals surface area contributed by atoms with Crippen molar-refractivity contribution in [2.75, 3.05) is 20.2 Å². The predicted octanol–water partition coefficient (Wildman–Crippen LogP) is 2.87. The highest BCUT2D eigenvalue weighted by Gasteiger charge is 2.23. The van der Waals surface area contributed by atoms with Crippen LogP contribution in [-0.2, 0) is 9.05 Å². The van der Waals surface area contributed by atoms with Crippen LogP contribution in [0.4, 0.5) is 0 Å². The summed E-state index contributed by atoms with van der Waals surface area (Å²) in [6, 6.07) is 2.75. The molecule has 0 N–H and O–H groups in total. The molecule has 5 nitrogen and oxygen atoms in total. The summed E-state index contributed by atoms with van der Waals surface area (Å²) in [6.07, 6.45) is 0. The smallest absolute Gasteiger partial charge is 0.265 e. The van der Waals surface area contributed by atoms with Gasteiger partial charge in [0.05, 0.1) is 11.6 Å². The Labute approximate surface area is 131 Å². The lowest BCUT2D eigenvalue weighted by Crippen LogP contribution is -2.30. The highest BCUT2D eigenvalue weighted by Crippen LogP contribution is 2.35. The number of ether oxygens (including phenoxy) is 1. The second kappa shape index (κ2) is 6.78. The number of amides is 1. The van der Waals surface area contributed by atoms with Crippen LogP contribution >= 0.6 is 26.6 Å². The summed E-state index contributed by atoms with van der Waals surface area (Å²) in [5.41, 5.74) is 0.237. The second-order valence-electron chi connectivity index (χ2n) is 3.90. The Morgan fingerprint density at radius 3 is 2.30 bits per heavy atom. The van der Waals surface area contributed by atoms with Crippen molar-refractivity contribution in [1.82, 2.24) is 4.90 Å². The van der Waals surface area contributed by atoms with Gasteiger partial charge in [0, 0.05) is 29.3 Å². The van der Waals surface area contributed by atoms with Gasteiger partial charge < -0.3 is 9.64 Å². The minimum atomic E-state index is -4.02. The van der Waals surface area contributed by atoms with Crippen molar-refractivity contribution >= 4 is 41.6 Å². The molecule has 0 aliphatic heterocycles. The molecule has 1 rings (SSSR count). The lowest BCUT2D eigenvalue weighted by molar-refractivity contribution is 0.0772. The average molecular weight is 385 g/mol. The molecule has 0 saturated heterocycles. The van der Waals surface area contributed by atoms with Crippen molar-refractivity contribution in [3.8, 4) is 5.75 Å². The normalized spacial score (nSPS) is 11.2. The van der Waals surface area contributed by atoms with E-state index in [0.717, 1.165) is 0 Å². The molecule has 112 valence electrons. The molecule has 0 radical (unpaired) electrons. The monoisotopic (exact) mass is 383 g/mol. The Kier molecular flexibility index (Phi) is 5.85. The maximum absolute atomic E-state index is 12.3. The summed E-state index contributed by atoms with van der Waals surface area (Å²) in [6.45, 7) is 4.75. The van der Waals surface area contributed by atoms with E-state index in [-0.39, 0.29) is 22.1 Å². The molecule has 0 unspecified atom stereocenters. The van der Waals surface area contributed by atoms with Crippen LogP contribution < -0.4 is 4.74 Å². The van der Waals surface area contributed by atoms with Gasteiger partial charge in [0.1, 0.15) is 4.90 Å². The van der Waals surface area contributed by atoms with Crippen LogP contribution in [0.2, 0.25) is 0 Å². The molecule has 0 spiro atoms. The number of rotatable bonds is 5. The van der Waals surface area contributed by atoms with Crippen molar-refractivity contribution in [2.24, 2.45) is 0 Å². The Bertz CT molecular complexity index is 614. The third-order valence-corrected chi connectivity index (χ3v) is 4.69. The molecule has 0 aromatic heterocycles. The van der Waals surface area contributed by atoms with Crippen molar-refractivity contribution < 1.29 is 17.9 Å². The molecule has 1 amide bonds. The molecule has 0 heterocycles. The largest absolute Gasteiger partial charge is 0.494 e. The third kappa shape index (κ3) is 3.65. The van der Waals surface area contributed by atoms with E-state index in [4.69, 9.17) is 15.4 Å². The number of benzene rings is 1. The quantitative estimate of drug-likeness (QED) is 0.732. The molecular weight excluding hydrogens is 370 g/mol. The highest BCUT2D eigenvalue weighted by molar-refractivity contribution is 9.10. The first kappa shape index (κ1) is 17.3. The van der Waals surface area contributed by atoms with Crippen LogP contribution in [0.15, 0.2) is 21.5 Å². The van der Waals surface area contributed by atoms with Gasteiger partial charge in [-0.3, -0.25) is 4.79 Å². The van der Waals surface area contributed by atoms with Gasteiger partial charge in [-0.15, -0.1) is 0 Å². The van der Waals surface area contributed by atoms with Gasteiger partial charge in [0.2, 0.25) is 0 Å². The Hall–Kier alpha value is -0.790. The molecule has 8 heteroatoms. The Morgan fingerprint density at radius 1 is 1.35 bits per heavy atom. The topological polar surface area (TPSA) is 63.7 Å². The van der Waals surface area contributed by atoms with E-state index in [1.54, 1.807) is 4.90 Å². The van der Waals surface area contributed by atoms with E-state index in [1.807, 2.05) is 13.8 Å². The van der Waals surface area contributed by atoms with Crippen molar-refractivity contribution in [3.05, 3.63) is 22.2 Å². The molecule has 20 heavy (non-hydrogen) atoms. The number of halogens is 2. The summed E-state index contributed by atoms with van der Waals surface area (Å²) in [7, 11) is 2.70. The van der Waals surface area contributed by atoms with Crippen LogP contribution in [0.5, 0.6) is 5.75 Å². The second-order valence-corrected chi connectivity index (χ2v) is 7.29. The van der Waals surface area contributed by atoms with Gasteiger partial charge in [-0.2, -0.15) is 0 Å². The number of carbonyl (C=O) groups is 1. The van der Waals surface area contributed by atoms with E-state index in [0.29, 0.717) is 17.6 Å². The number of hydrogen-bond acceptors (Lipinski definition) is 4. The fourth-order valence-corrected chi connectivity index (χ4v) is 3.54. The van der Waals surface area contributed by atoms with E-state index in [2.05, 4.69) is 15.9 Å². The molecule has 0 aliphatic carbocycles. The van der Waals surface area contributed by atoms with Gasteiger partial charge in [-0.25, -0.2) is 8.42 Å². The summed E-state index contributed by atoms with van der Waals surface area (Å²) < 4.78 is 28.6. The van der Waals surface area contributed by atoms with Crippen LogP contribution in [0, 0.1) is 0 Å². The minimum absolute atomic E-state index is 0.0797. The number of nitrogens with zero attached hydrogens (tertiary/aromatic N) is 1. The first-order chi connectivity index (χ1) is 9.26. The van der Waals surface area contributed by atoms with Crippen LogP contribution in [-0.4, -0.2) is 39.4 Å². The molecule has 0 aliphatic rings. The molecule has 1 aromatic carbocycles. The fourth-order valence-electron chi connectivity index (χ4n) is 1.76. The van der Waals surface area contributed by atoms with E-state index in [1.165, 1.54) is 19.2 Å². The number of hydrogen-bond donors (Lipinski definition) is 0. The third-order valence-electron chi connectivity index (χ3n) is 2.77. The molecule has 0 bridgehead atoms. The SMILES string of the molecule is CCN(CC)C(=O)c1cc(Br)c(OC)c(S(=O)(=O)Cl)c1. The molecule has 1 aromatic rings.